The van der Waals surface area contributed by atoms with E-state index in [0.717, 1.165) is 22.0 Å². The van der Waals surface area contributed by atoms with Crippen LogP contribution in [0.2, 0.25) is 0 Å². The third-order valence-electron chi connectivity index (χ3n) is 3.13. The quantitative estimate of drug-likeness (QED) is 0.908. The van der Waals surface area contributed by atoms with Crippen molar-refractivity contribution in [3.63, 3.8) is 0 Å². The lowest BCUT2D eigenvalue weighted by Gasteiger charge is -2.19. The van der Waals surface area contributed by atoms with Crippen LogP contribution in [0.25, 0.3) is 0 Å². The van der Waals surface area contributed by atoms with Gasteiger partial charge in [-0.3, -0.25) is 9.78 Å². The Morgan fingerprint density at radius 1 is 1.35 bits per heavy atom. The Hall–Kier alpha value is -2.01. The van der Waals surface area contributed by atoms with Crippen LogP contribution in [0.4, 0.5) is 11.4 Å². The molecule has 1 aliphatic rings. The van der Waals surface area contributed by atoms with Crippen LogP contribution < -0.4 is 10.6 Å². The molecule has 2 N–H and O–H groups in total. The smallest absolute Gasteiger partial charge is 0.234 e. The largest absolute Gasteiger partial charge is 0.377 e. The molecule has 1 unspecified atom stereocenters. The molecule has 0 fully saturated rings. The van der Waals surface area contributed by atoms with Gasteiger partial charge in [0.1, 0.15) is 0 Å². The highest BCUT2D eigenvalue weighted by Crippen LogP contribution is 2.34. The molecule has 3 rings (SSSR count). The molecule has 1 aliphatic heterocycles. The minimum Gasteiger partial charge on any atom is -0.377 e. The van der Waals surface area contributed by atoms with Crippen molar-refractivity contribution >= 4 is 29.0 Å². The van der Waals surface area contributed by atoms with Crippen LogP contribution in [-0.4, -0.2) is 16.6 Å². The second kappa shape index (κ2) is 5.54. The lowest BCUT2D eigenvalue weighted by atomic mass is 10.2. The maximum absolute atomic E-state index is 11.4. The average molecular weight is 285 g/mol. The van der Waals surface area contributed by atoms with Gasteiger partial charge in [0.05, 0.1) is 23.2 Å². The Morgan fingerprint density at radius 3 is 3.05 bits per heavy atom. The van der Waals surface area contributed by atoms with Crippen molar-refractivity contribution < 1.29 is 4.79 Å². The van der Waals surface area contributed by atoms with Gasteiger partial charge in [-0.05, 0) is 37.3 Å². The number of benzene rings is 1. The zero-order valence-corrected chi connectivity index (χ0v) is 11.9. The summed E-state index contributed by atoms with van der Waals surface area (Å²) < 4.78 is 0. The minimum absolute atomic E-state index is 0.0532. The molecule has 1 aromatic carbocycles. The van der Waals surface area contributed by atoms with Gasteiger partial charge < -0.3 is 10.6 Å². The van der Waals surface area contributed by atoms with E-state index in [-0.39, 0.29) is 11.9 Å². The first kappa shape index (κ1) is 13.0. The van der Waals surface area contributed by atoms with Gasteiger partial charge in [0.2, 0.25) is 5.91 Å². The van der Waals surface area contributed by atoms with E-state index in [4.69, 9.17) is 0 Å². The van der Waals surface area contributed by atoms with Crippen molar-refractivity contribution in [3.8, 4) is 0 Å². The number of nitrogens with one attached hydrogen (secondary N) is 2. The number of hydrogen-bond acceptors (Lipinski definition) is 4. The van der Waals surface area contributed by atoms with E-state index in [2.05, 4.69) is 22.5 Å². The molecule has 1 atom stereocenters. The van der Waals surface area contributed by atoms with E-state index < -0.39 is 0 Å². The number of carbonyl (C=O) groups excluding carboxylic acids is 1. The van der Waals surface area contributed by atoms with Crippen molar-refractivity contribution in [2.45, 2.75) is 17.9 Å². The van der Waals surface area contributed by atoms with Crippen molar-refractivity contribution in [1.82, 2.24) is 4.98 Å². The number of pyridine rings is 1. The zero-order valence-electron chi connectivity index (χ0n) is 11.1. The minimum atomic E-state index is 0.0532. The monoisotopic (exact) mass is 285 g/mol. The van der Waals surface area contributed by atoms with Crippen LogP contribution in [0.5, 0.6) is 0 Å². The molecular weight excluding hydrogens is 270 g/mol. The first-order valence-electron chi connectivity index (χ1n) is 6.46. The molecule has 0 spiro atoms. The fourth-order valence-corrected chi connectivity index (χ4v) is 2.92. The molecule has 0 bridgehead atoms. The Balaban J connectivity index is 1.78. The topological polar surface area (TPSA) is 54.0 Å². The zero-order chi connectivity index (χ0) is 13.9. The molecule has 4 nitrogen and oxygen atoms in total. The number of nitrogens with zero attached hydrogens (tertiary/aromatic N) is 1. The number of hydrogen-bond donors (Lipinski definition) is 2. The van der Waals surface area contributed by atoms with Gasteiger partial charge in [-0.2, -0.15) is 0 Å². The summed E-state index contributed by atoms with van der Waals surface area (Å²) in [5.41, 5.74) is 2.85. The summed E-state index contributed by atoms with van der Waals surface area (Å²) in [6.45, 7) is 2.06. The van der Waals surface area contributed by atoms with Gasteiger partial charge in [0.15, 0.2) is 0 Å². The first-order valence-corrected chi connectivity index (χ1v) is 7.45. The summed E-state index contributed by atoms with van der Waals surface area (Å²) in [5, 5.41) is 6.30. The number of fused-ring (bicyclic) bond motifs is 1. The third kappa shape index (κ3) is 2.77. The van der Waals surface area contributed by atoms with Crippen molar-refractivity contribution in [3.05, 3.63) is 48.3 Å². The van der Waals surface area contributed by atoms with Crippen LogP contribution >= 0.6 is 11.8 Å². The van der Waals surface area contributed by atoms with E-state index in [0.29, 0.717) is 5.75 Å². The number of carbonyl (C=O) groups is 1. The van der Waals surface area contributed by atoms with Crippen molar-refractivity contribution in [1.29, 1.82) is 0 Å². The van der Waals surface area contributed by atoms with Crippen LogP contribution in [-0.2, 0) is 4.79 Å². The predicted octanol–water partition coefficient (Wildman–Crippen LogP) is 3.30. The molecule has 0 saturated heterocycles. The molecule has 102 valence electrons. The lowest BCUT2D eigenvalue weighted by molar-refractivity contribution is -0.113. The van der Waals surface area contributed by atoms with Crippen LogP contribution in [0, 0.1) is 0 Å². The number of aromatic nitrogens is 1. The van der Waals surface area contributed by atoms with Gasteiger partial charge in [0, 0.05) is 16.8 Å². The van der Waals surface area contributed by atoms with Gasteiger partial charge in [-0.25, -0.2) is 0 Å². The van der Waals surface area contributed by atoms with Gasteiger partial charge in [0.25, 0.3) is 0 Å². The normalized spacial score (nSPS) is 15.2. The molecule has 0 saturated carbocycles. The Bertz CT molecular complexity index is 630. The van der Waals surface area contributed by atoms with Crippen LogP contribution in [0.15, 0.2) is 47.5 Å². The SMILES string of the molecule is CC(Nc1ccc2c(c1)NC(=O)CS2)c1ccccn1. The molecular formula is C15H15N3OS. The molecule has 1 amide bonds. The highest BCUT2D eigenvalue weighted by molar-refractivity contribution is 8.00. The molecule has 1 aromatic heterocycles. The Labute approximate surface area is 122 Å². The second-order valence-electron chi connectivity index (χ2n) is 4.67. The summed E-state index contributed by atoms with van der Waals surface area (Å²) in [5.74, 6) is 0.543. The summed E-state index contributed by atoms with van der Waals surface area (Å²) >= 11 is 1.57. The van der Waals surface area contributed by atoms with Gasteiger partial charge in [-0.1, -0.05) is 6.07 Å². The molecule has 5 heteroatoms. The van der Waals surface area contributed by atoms with Crippen LogP contribution in [0.3, 0.4) is 0 Å². The maximum atomic E-state index is 11.4. The van der Waals surface area contributed by atoms with Gasteiger partial charge in [-0.15, -0.1) is 11.8 Å². The van der Waals surface area contributed by atoms with Crippen molar-refractivity contribution in [2.24, 2.45) is 0 Å². The van der Waals surface area contributed by atoms with Crippen LogP contribution in [0.1, 0.15) is 18.7 Å². The van der Waals surface area contributed by atoms with E-state index in [9.17, 15) is 4.79 Å². The highest BCUT2D eigenvalue weighted by atomic mass is 32.2. The number of amides is 1. The number of anilines is 2. The van der Waals surface area contributed by atoms with Gasteiger partial charge >= 0.3 is 0 Å². The Morgan fingerprint density at radius 2 is 2.25 bits per heavy atom. The third-order valence-corrected chi connectivity index (χ3v) is 4.20. The molecule has 0 aliphatic carbocycles. The first-order chi connectivity index (χ1) is 9.72. The molecule has 20 heavy (non-hydrogen) atoms. The fourth-order valence-electron chi connectivity index (χ4n) is 2.13. The lowest BCUT2D eigenvalue weighted by Crippen LogP contribution is -2.18. The van der Waals surface area contributed by atoms with E-state index in [1.807, 2.05) is 36.4 Å². The predicted molar refractivity (Wildman–Crippen MR) is 82.1 cm³/mol. The molecule has 2 heterocycles. The van der Waals surface area contributed by atoms with E-state index >= 15 is 0 Å². The fraction of sp³-hybridized carbons (Fsp3) is 0.200. The average Bonchev–Trinajstić information content (AvgIpc) is 2.47. The summed E-state index contributed by atoms with van der Waals surface area (Å²) in [4.78, 5) is 16.9. The summed E-state index contributed by atoms with van der Waals surface area (Å²) in [6.07, 6.45) is 1.79. The maximum Gasteiger partial charge on any atom is 0.234 e. The molecule has 2 aromatic rings. The van der Waals surface area contributed by atoms with E-state index in [1.54, 1.807) is 18.0 Å². The number of thioether (sulfide) groups is 1. The number of rotatable bonds is 3. The van der Waals surface area contributed by atoms with Crippen molar-refractivity contribution in [2.75, 3.05) is 16.4 Å². The standard InChI is InChI=1S/C15H15N3OS/c1-10(12-4-2-3-7-16-12)17-11-5-6-14-13(8-11)18-15(19)9-20-14/h2-8,10,17H,9H2,1H3,(H,18,19). The second-order valence-corrected chi connectivity index (χ2v) is 5.69. The van der Waals surface area contributed by atoms with E-state index in [1.165, 1.54) is 0 Å². The summed E-state index contributed by atoms with van der Waals surface area (Å²) in [7, 11) is 0. The highest BCUT2D eigenvalue weighted by Gasteiger charge is 2.16. The summed E-state index contributed by atoms with van der Waals surface area (Å²) in [6, 6.07) is 12.0. The Kier molecular flexibility index (Phi) is 3.60. The molecule has 0 radical (unpaired) electrons.